The standard InChI is InChI=1S/C11H11F3OS/c1-8(7-16)6-15-10-5-3-2-4-9(10)11(12,13)14/h2-5,16H,1,6-7H2. The molecule has 0 bridgehead atoms. The maximum atomic E-state index is 12.5. The second kappa shape index (κ2) is 5.30. The van der Waals surface area contributed by atoms with Gasteiger partial charge in [-0.25, -0.2) is 0 Å². The summed E-state index contributed by atoms with van der Waals surface area (Å²) in [6.45, 7) is 3.64. The molecule has 16 heavy (non-hydrogen) atoms. The van der Waals surface area contributed by atoms with Gasteiger partial charge in [-0.3, -0.25) is 0 Å². The van der Waals surface area contributed by atoms with Gasteiger partial charge >= 0.3 is 6.18 Å². The van der Waals surface area contributed by atoms with Gasteiger partial charge in [0.05, 0.1) is 5.56 Å². The first-order valence-corrected chi connectivity index (χ1v) is 5.15. The zero-order valence-corrected chi connectivity index (χ0v) is 9.31. The van der Waals surface area contributed by atoms with Crippen molar-refractivity contribution < 1.29 is 17.9 Å². The van der Waals surface area contributed by atoms with Gasteiger partial charge < -0.3 is 4.74 Å². The van der Waals surface area contributed by atoms with Crippen molar-refractivity contribution in [3.05, 3.63) is 42.0 Å². The molecule has 0 aromatic heterocycles. The minimum Gasteiger partial charge on any atom is -0.489 e. The maximum absolute atomic E-state index is 12.5. The third kappa shape index (κ3) is 3.48. The summed E-state index contributed by atoms with van der Waals surface area (Å²) in [4.78, 5) is 0. The quantitative estimate of drug-likeness (QED) is 0.633. The second-order valence-corrected chi connectivity index (χ2v) is 3.51. The van der Waals surface area contributed by atoms with E-state index in [0.717, 1.165) is 6.07 Å². The fourth-order valence-electron chi connectivity index (χ4n) is 1.05. The molecule has 0 spiro atoms. The predicted octanol–water partition coefficient (Wildman–Crippen LogP) is 3.57. The molecule has 0 saturated carbocycles. The van der Waals surface area contributed by atoms with Crippen molar-refractivity contribution in [2.45, 2.75) is 6.18 Å². The summed E-state index contributed by atoms with van der Waals surface area (Å²) in [6.07, 6.45) is -4.40. The Kier molecular flexibility index (Phi) is 4.29. The maximum Gasteiger partial charge on any atom is 0.419 e. The third-order valence-corrected chi connectivity index (χ3v) is 2.30. The molecule has 0 saturated heterocycles. The largest absolute Gasteiger partial charge is 0.489 e. The van der Waals surface area contributed by atoms with E-state index in [0.29, 0.717) is 11.3 Å². The van der Waals surface area contributed by atoms with Crippen LogP contribution in [0.15, 0.2) is 36.4 Å². The van der Waals surface area contributed by atoms with Gasteiger partial charge in [0.15, 0.2) is 0 Å². The van der Waals surface area contributed by atoms with Gasteiger partial charge in [-0.1, -0.05) is 18.7 Å². The molecular formula is C11H11F3OS. The number of benzene rings is 1. The molecule has 0 amide bonds. The lowest BCUT2D eigenvalue weighted by molar-refractivity contribution is -0.138. The lowest BCUT2D eigenvalue weighted by atomic mass is 10.2. The number of alkyl halides is 3. The van der Waals surface area contributed by atoms with Crippen LogP contribution in [0, 0.1) is 0 Å². The SMILES string of the molecule is C=C(CS)COc1ccccc1C(F)(F)F. The zero-order valence-electron chi connectivity index (χ0n) is 8.42. The number of rotatable bonds is 4. The smallest absolute Gasteiger partial charge is 0.419 e. The summed E-state index contributed by atoms with van der Waals surface area (Å²) in [5.74, 6) is 0.201. The number of para-hydroxylation sites is 1. The van der Waals surface area contributed by atoms with Gasteiger partial charge in [0.25, 0.3) is 0 Å². The van der Waals surface area contributed by atoms with Crippen LogP contribution in [0.25, 0.3) is 0 Å². The highest BCUT2D eigenvalue weighted by Gasteiger charge is 2.33. The molecule has 1 aromatic carbocycles. The summed E-state index contributed by atoms with van der Waals surface area (Å²) in [5.41, 5.74) is -0.151. The van der Waals surface area contributed by atoms with Crippen molar-refractivity contribution in [3.8, 4) is 5.75 Å². The molecule has 5 heteroatoms. The highest BCUT2D eigenvalue weighted by Crippen LogP contribution is 2.35. The molecule has 0 atom stereocenters. The Morgan fingerprint density at radius 3 is 2.50 bits per heavy atom. The average Bonchev–Trinajstić information content (AvgIpc) is 2.25. The van der Waals surface area contributed by atoms with Crippen LogP contribution in [0.2, 0.25) is 0 Å². The number of thiol groups is 1. The number of ether oxygens (including phenoxy) is 1. The Labute approximate surface area is 97.3 Å². The number of halogens is 3. The second-order valence-electron chi connectivity index (χ2n) is 3.19. The van der Waals surface area contributed by atoms with Crippen molar-refractivity contribution in [3.63, 3.8) is 0 Å². The van der Waals surface area contributed by atoms with Crippen molar-refractivity contribution in [1.29, 1.82) is 0 Å². The van der Waals surface area contributed by atoms with E-state index < -0.39 is 11.7 Å². The topological polar surface area (TPSA) is 9.23 Å². The summed E-state index contributed by atoms with van der Waals surface area (Å²) in [5, 5.41) is 0. The van der Waals surface area contributed by atoms with Crippen molar-refractivity contribution in [1.82, 2.24) is 0 Å². The molecule has 1 rings (SSSR count). The lowest BCUT2D eigenvalue weighted by Crippen LogP contribution is -2.10. The Balaban J connectivity index is 2.84. The van der Waals surface area contributed by atoms with Crippen LogP contribution < -0.4 is 4.74 Å². The van der Waals surface area contributed by atoms with Crippen LogP contribution in [-0.4, -0.2) is 12.4 Å². The van der Waals surface area contributed by atoms with Gasteiger partial charge in [-0.05, 0) is 17.7 Å². The molecule has 0 unspecified atom stereocenters. The average molecular weight is 248 g/mol. The third-order valence-electron chi connectivity index (χ3n) is 1.85. The molecule has 0 radical (unpaired) electrons. The number of hydrogen-bond donors (Lipinski definition) is 1. The first-order valence-electron chi connectivity index (χ1n) is 4.51. The van der Waals surface area contributed by atoms with Crippen molar-refractivity contribution in [2.24, 2.45) is 0 Å². The van der Waals surface area contributed by atoms with Crippen LogP contribution in [0.5, 0.6) is 5.75 Å². The predicted molar refractivity (Wildman–Crippen MR) is 59.9 cm³/mol. The molecule has 0 aliphatic carbocycles. The van der Waals surface area contributed by atoms with Gasteiger partial charge in [0.1, 0.15) is 12.4 Å². The summed E-state index contributed by atoms with van der Waals surface area (Å²) in [7, 11) is 0. The van der Waals surface area contributed by atoms with Crippen LogP contribution >= 0.6 is 12.6 Å². The Morgan fingerprint density at radius 2 is 1.94 bits per heavy atom. The van der Waals surface area contributed by atoms with Gasteiger partial charge in [-0.2, -0.15) is 25.8 Å². The molecule has 0 aliphatic heterocycles. The molecule has 0 fully saturated rings. The van der Waals surface area contributed by atoms with Gasteiger partial charge in [0, 0.05) is 5.75 Å². The minimum atomic E-state index is -4.40. The van der Waals surface area contributed by atoms with E-state index in [2.05, 4.69) is 19.2 Å². The molecule has 1 nitrogen and oxygen atoms in total. The fraction of sp³-hybridized carbons (Fsp3) is 0.273. The van der Waals surface area contributed by atoms with E-state index in [1.807, 2.05) is 0 Å². The molecule has 0 heterocycles. The molecule has 1 aromatic rings. The van der Waals surface area contributed by atoms with E-state index in [-0.39, 0.29) is 12.4 Å². The van der Waals surface area contributed by atoms with E-state index in [9.17, 15) is 13.2 Å². The van der Waals surface area contributed by atoms with E-state index in [1.165, 1.54) is 18.2 Å². The van der Waals surface area contributed by atoms with E-state index >= 15 is 0 Å². The monoisotopic (exact) mass is 248 g/mol. The van der Waals surface area contributed by atoms with E-state index in [4.69, 9.17) is 4.74 Å². The first kappa shape index (κ1) is 13.0. The van der Waals surface area contributed by atoms with Crippen molar-refractivity contribution in [2.75, 3.05) is 12.4 Å². The van der Waals surface area contributed by atoms with Crippen LogP contribution in [0.3, 0.4) is 0 Å². The molecule has 88 valence electrons. The Morgan fingerprint density at radius 1 is 1.31 bits per heavy atom. The Bertz CT molecular complexity index is 374. The minimum absolute atomic E-state index is 0.0383. The highest BCUT2D eigenvalue weighted by atomic mass is 32.1. The summed E-state index contributed by atoms with van der Waals surface area (Å²) >= 11 is 3.94. The summed E-state index contributed by atoms with van der Waals surface area (Å²) in [6, 6.07) is 5.09. The summed E-state index contributed by atoms with van der Waals surface area (Å²) < 4.78 is 42.7. The van der Waals surface area contributed by atoms with Crippen molar-refractivity contribution >= 4 is 12.6 Å². The van der Waals surface area contributed by atoms with Crippen LogP contribution in [-0.2, 0) is 6.18 Å². The molecular weight excluding hydrogens is 237 g/mol. The fourth-order valence-corrected chi connectivity index (χ4v) is 1.14. The first-order chi connectivity index (χ1) is 7.45. The zero-order chi connectivity index (χ0) is 12.2. The molecule has 0 N–H and O–H groups in total. The van der Waals surface area contributed by atoms with Crippen LogP contribution in [0.4, 0.5) is 13.2 Å². The van der Waals surface area contributed by atoms with E-state index in [1.54, 1.807) is 0 Å². The molecule has 0 aliphatic rings. The highest BCUT2D eigenvalue weighted by molar-refractivity contribution is 7.80. The van der Waals surface area contributed by atoms with Gasteiger partial charge in [-0.15, -0.1) is 0 Å². The normalized spacial score (nSPS) is 11.2. The van der Waals surface area contributed by atoms with Gasteiger partial charge in [0.2, 0.25) is 0 Å². The lowest BCUT2D eigenvalue weighted by Gasteiger charge is -2.13. The van der Waals surface area contributed by atoms with Crippen LogP contribution in [0.1, 0.15) is 5.56 Å². The Hall–Kier alpha value is -1.10. The number of hydrogen-bond acceptors (Lipinski definition) is 2.